The highest BCUT2D eigenvalue weighted by Crippen LogP contribution is 2.10. The van der Waals surface area contributed by atoms with Gasteiger partial charge >= 0.3 is 0 Å². The molecule has 104 valence electrons. The summed E-state index contributed by atoms with van der Waals surface area (Å²) >= 11 is 0. The molecule has 1 aliphatic heterocycles. The summed E-state index contributed by atoms with van der Waals surface area (Å²) in [5, 5.41) is 6.22. The quantitative estimate of drug-likeness (QED) is 0.857. The Kier molecular flexibility index (Phi) is 4.93. The maximum atomic E-state index is 11.4. The lowest BCUT2D eigenvalue weighted by atomic mass is 10.0. The van der Waals surface area contributed by atoms with Crippen LogP contribution in [0.2, 0.25) is 0 Å². The first-order valence-corrected chi connectivity index (χ1v) is 6.92. The highest BCUT2D eigenvalue weighted by molar-refractivity contribution is 5.93. The monoisotopic (exact) mass is 261 g/mol. The van der Waals surface area contributed by atoms with E-state index in [-0.39, 0.29) is 5.91 Å². The van der Waals surface area contributed by atoms with Crippen molar-refractivity contribution in [3.05, 3.63) is 35.4 Å². The minimum absolute atomic E-state index is 0.0326. The Balaban J connectivity index is 1.81. The van der Waals surface area contributed by atoms with Gasteiger partial charge in [-0.3, -0.25) is 4.79 Å². The molecule has 1 saturated heterocycles. The molecule has 1 heterocycles. The fourth-order valence-electron chi connectivity index (χ4n) is 2.39. The van der Waals surface area contributed by atoms with Crippen LogP contribution in [-0.2, 0) is 6.54 Å². The molecule has 0 saturated carbocycles. The normalized spacial score (nSPS) is 17.4. The van der Waals surface area contributed by atoms with Crippen molar-refractivity contribution in [2.75, 3.05) is 27.2 Å². The fourth-order valence-corrected chi connectivity index (χ4v) is 2.39. The molecule has 2 rings (SSSR count). The van der Waals surface area contributed by atoms with Gasteiger partial charge in [0.15, 0.2) is 0 Å². The predicted octanol–water partition coefficient (Wildman–Crippen LogP) is 1.23. The van der Waals surface area contributed by atoms with Crippen LogP contribution in [0.4, 0.5) is 0 Å². The molecule has 4 nitrogen and oxygen atoms in total. The van der Waals surface area contributed by atoms with Crippen molar-refractivity contribution in [2.45, 2.75) is 25.4 Å². The summed E-state index contributed by atoms with van der Waals surface area (Å²) in [4.78, 5) is 13.8. The maximum Gasteiger partial charge on any atom is 0.251 e. The molecule has 1 amide bonds. The standard InChI is InChI=1S/C15H23N3O/c1-16-15(19)13-5-3-12(4-6-13)11-17-14-7-9-18(2)10-8-14/h3-6,14,17H,7-11H2,1-2H3,(H,16,19). The van der Waals surface area contributed by atoms with Crippen molar-refractivity contribution in [3.63, 3.8) is 0 Å². The number of piperidine rings is 1. The molecular formula is C15H23N3O. The van der Waals surface area contributed by atoms with Gasteiger partial charge in [-0.1, -0.05) is 12.1 Å². The number of nitrogens with zero attached hydrogens (tertiary/aromatic N) is 1. The average Bonchev–Trinajstić information content (AvgIpc) is 2.46. The van der Waals surface area contributed by atoms with Gasteiger partial charge in [-0.15, -0.1) is 0 Å². The van der Waals surface area contributed by atoms with Gasteiger partial charge in [0.1, 0.15) is 0 Å². The van der Waals surface area contributed by atoms with Crippen molar-refractivity contribution in [1.29, 1.82) is 0 Å². The van der Waals surface area contributed by atoms with E-state index >= 15 is 0 Å². The van der Waals surface area contributed by atoms with E-state index < -0.39 is 0 Å². The number of carbonyl (C=O) groups is 1. The molecule has 1 fully saturated rings. The summed E-state index contributed by atoms with van der Waals surface area (Å²) in [6.45, 7) is 3.23. The lowest BCUT2D eigenvalue weighted by Gasteiger charge is -2.29. The molecule has 1 aromatic rings. The van der Waals surface area contributed by atoms with Gasteiger partial charge in [-0.25, -0.2) is 0 Å². The van der Waals surface area contributed by atoms with Gasteiger partial charge in [-0.2, -0.15) is 0 Å². The highest BCUT2D eigenvalue weighted by Gasteiger charge is 2.15. The fraction of sp³-hybridized carbons (Fsp3) is 0.533. The molecule has 0 unspecified atom stereocenters. The predicted molar refractivity (Wildman–Crippen MR) is 77.2 cm³/mol. The van der Waals surface area contributed by atoms with Crippen LogP contribution >= 0.6 is 0 Å². The zero-order chi connectivity index (χ0) is 13.7. The van der Waals surface area contributed by atoms with Crippen LogP contribution in [0.3, 0.4) is 0 Å². The van der Waals surface area contributed by atoms with Gasteiger partial charge < -0.3 is 15.5 Å². The van der Waals surface area contributed by atoms with Crippen molar-refractivity contribution in [3.8, 4) is 0 Å². The maximum absolute atomic E-state index is 11.4. The largest absolute Gasteiger partial charge is 0.355 e. The van der Waals surface area contributed by atoms with Crippen molar-refractivity contribution in [2.24, 2.45) is 0 Å². The number of carbonyl (C=O) groups excluding carboxylic acids is 1. The summed E-state index contributed by atoms with van der Waals surface area (Å²) in [7, 11) is 3.83. The molecule has 0 radical (unpaired) electrons. The second-order valence-electron chi connectivity index (χ2n) is 5.23. The Hall–Kier alpha value is -1.39. The Morgan fingerprint density at radius 3 is 2.47 bits per heavy atom. The molecule has 1 aromatic carbocycles. The number of benzene rings is 1. The zero-order valence-electron chi connectivity index (χ0n) is 11.8. The molecule has 0 bridgehead atoms. The smallest absolute Gasteiger partial charge is 0.251 e. The molecule has 0 aromatic heterocycles. The van der Waals surface area contributed by atoms with Crippen LogP contribution in [0.5, 0.6) is 0 Å². The second-order valence-corrected chi connectivity index (χ2v) is 5.23. The van der Waals surface area contributed by atoms with Crippen LogP contribution in [0.15, 0.2) is 24.3 Å². The molecule has 0 spiro atoms. The number of nitrogens with one attached hydrogen (secondary N) is 2. The minimum Gasteiger partial charge on any atom is -0.355 e. The molecular weight excluding hydrogens is 238 g/mol. The molecule has 0 aliphatic carbocycles. The highest BCUT2D eigenvalue weighted by atomic mass is 16.1. The van der Waals surface area contributed by atoms with E-state index in [4.69, 9.17) is 0 Å². The SMILES string of the molecule is CNC(=O)c1ccc(CNC2CCN(C)CC2)cc1. The topological polar surface area (TPSA) is 44.4 Å². The molecule has 0 atom stereocenters. The van der Waals surface area contributed by atoms with E-state index in [1.54, 1.807) is 7.05 Å². The number of amides is 1. The van der Waals surface area contributed by atoms with Crippen LogP contribution in [0, 0.1) is 0 Å². The van der Waals surface area contributed by atoms with E-state index in [2.05, 4.69) is 22.6 Å². The first-order valence-electron chi connectivity index (χ1n) is 6.92. The van der Waals surface area contributed by atoms with Gasteiger partial charge in [0.05, 0.1) is 0 Å². The van der Waals surface area contributed by atoms with Gasteiger partial charge in [0, 0.05) is 25.2 Å². The first kappa shape index (κ1) is 14.0. The summed E-state index contributed by atoms with van der Waals surface area (Å²) in [6.07, 6.45) is 2.43. The second kappa shape index (κ2) is 6.68. The molecule has 4 heteroatoms. The summed E-state index contributed by atoms with van der Waals surface area (Å²) in [5.74, 6) is -0.0326. The Bertz CT molecular complexity index is 408. The lowest BCUT2D eigenvalue weighted by Crippen LogP contribution is -2.40. The van der Waals surface area contributed by atoms with E-state index in [0.29, 0.717) is 11.6 Å². The van der Waals surface area contributed by atoms with Crippen molar-refractivity contribution in [1.82, 2.24) is 15.5 Å². The average molecular weight is 261 g/mol. The van der Waals surface area contributed by atoms with Gasteiger partial charge in [0.2, 0.25) is 0 Å². The third kappa shape index (κ3) is 4.04. The van der Waals surface area contributed by atoms with Crippen LogP contribution < -0.4 is 10.6 Å². The minimum atomic E-state index is -0.0326. The Morgan fingerprint density at radius 1 is 1.26 bits per heavy atom. The van der Waals surface area contributed by atoms with Crippen molar-refractivity contribution < 1.29 is 4.79 Å². The number of likely N-dealkylation sites (tertiary alicyclic amines) is 1. The first-order chi connectivity index (χ1) is 9.19. The van der Waals surface area contributed by atoms with Gasteiger partial charge in [0.25, 0.3) is 5.91 Å². The number of rotatable bonds is 4. The number of hydrogen-bond donors (Lipinski definition) is 2. The lowest BCUT2D eigenvalue weighted by molar-refractivity contribution is 0.0963. The van der Waals surface area contributed by atoms with E-state index in [1.807, 2.05) is 24.3 Å². The Morgan fingerprint density at radius 2 is 1.89 bits per heavy atom. The summed E-state index contributed by atoms with van der Waals surface area (Å²) in [6, 6.07) is 8.42. The van der Waals surface area contributed by atoms with E-state index in [9.17, 15) is 4.79 Å². The number of hydrogen-bond acceptors (Lipinski definition) is 3. The molecule has 2 N–H and O–H groups in total. The van der Waals surface area contributed by atoms with E-state index in [0.717, 1.165) is 6.54 Å². The van der Waals surface area contributed by atoms with Crippen LogP contribution in [-0.4, -0.2) is 44.0 Å². The molecule has 1 aliphatic rings. The van der Waals surface area contributed by atoms with Crippen LogP contribution in [0.1, 0.15) is 28.8 Å². The summed E-state index contributed by atoms with van der Waals surface area (Å²) < 4.78 is 0. The third-order valence-electron chi connectivity index (χ3n) is 3.76. The van der Waals surface area contributed by atoms with Crippen molar-refractivity contribution >= 4 is 5.91 Å². The zero-order valence-corrected chi connectivity index (χ0v) is 11.8. The van der Waals surface area contributed by atoms with Crippen LogP contribution in [0.25, 0.3) is 0 Å². The molecule has 19 heavy (non-hydrogen) atoms. The Labute approximate surface area is 115 Å². The van der Waals surface area contributed by atoms with E-state index in [1.165, 1.54) is 31.5 Å². The van der Waals surface area contributed by atoms with Gasteiger partial charge in [-0.05, 0) is 50.7 Å². The third-order valence-corrected chi connectivity index (χ3v) is 3.76. The summed E-state index contributed by atoms with van der Waals surface area (Å²) in [5.41, 5.74) is 1.94.